The summed E-state index contributed by atoms with van der Waals surface area (Å²) < 4.78 is 0. The Morgan fingerprint density at radius 3 is 2.67 bits per heavy atom. The maximum atomic E-state index is 11.2. The average molecular weight is 238 g/mol. The van der Waals surface area contributed by atoms with Crippen LogP contribution in [0.3, 0.4) is 0 Å². The molecule has 2 N–H and O–H groups in total. The van der Waals surface area contributed by atoms with Crippen LogP contribution >= 0.6 is 0 Å². The minimum absolute atomic E-state index is 0.432. The van der Waals surface area contributed by atoms with Crippen LogP contribution in [0.5, 0.6) is 0 Å². The SMILES string of the molecule is Cc1cccc(/C=N/c2ccccc2C(N)=O)c1. The van der Waals surface area contributed by atoms with E-state index >= 15 is 0 Å². The maximum Gasteiger partial charge on any atom is 0.250 e. The minimum atomic E-state index is -0.466. The highest BCUT2D eigenvalue weighted by atomic mass is 16.1. The Labute approximate surface area is 106 Å². The molecule has 0 fully saturated rings. The summed E-state index contributed by atoms with van der Waals surface area (Å²) >= 11 is 0. The molecular formula is C15H14N2O. The van der Waals surface area contributed by atoms with Gasteiger partial charge in [-0.3, -0.25) is 9.79 Å². The molecule has 2 aromatic rings. The van der Waals surface area contributed by atoms with Gasteiger partial charge < -0.3 is 5.73 Å². The molecule has 2 rings (SSSR count). The average Bonchev–Trinajstić information content (AvgIpc) is 2.37. The lowest BCUT2D eigenvalue weighted by Gasteiger charge is -2.00. The monoisotopic (exact) mass is 238 g/mol. The van der Waals surface area contributed by atoms with Gasteiger partial charge in [0.25, 0.3) is 5.91 Å². The van der Waals surface area contributed by atoms with Crippen LogP contribution in [0, 0.1) is 6.92 Å². The molecule has 3 heteroatoms. The summed E-state index contributed by atoms with van der Waals surface area (Å²) in [7, 11) is 0. The Morgan fingerprint density at radius 2 is 1.94 bits per heavy atom. The molecule has 0 heterocycles. The summed E-state index contributed by atoms with van der Waals surface area (Å²) in [5.41, 5.74) is 8.48. The second-order valence-electron chi connectivity index (χ2n) is 4.05. The summed E-state index contributed by atoms with van der Waals surface area (Å²) in [5.74, 6) is -0.466. The number of hydrogen-bond donors (Lipinski definition) is 1. The van der Waals surface area contributed by atoms with Gasteiger partial charge in [0.1, 0.15) is 0 Å². The second-order valence-corrected chi connectivity index (χ2v) is 4.05. The second kappa shape index (κ2) is 5.27. The number of carbonyl (C=O) groups is 1. The van der Waals surface area contributed by atoms with E-state index in [1.807, 2.05) is 37.3 Å². The number of aryl methyl sites for hydroxylation is 1. The van der Waals surface area contributed by atoms with Gasteiger partial charge in [-0.25, -0.2) is 0 Å². The first-order valence-corrected chi connectivity index (χ1v) is 5.66. The fraction of sp³-hybridized carbons (Fsp3) is 0.0667. The zero-order valence-corrected chi connectivity index (χ0v) is 10.1. The molecule has 90 valence electrons. The first kappa shape index (κ1) is 12.0. The van der Waals surface area contributed by atoms with Gasteiger partial charge in [0.2, 0.25) is 0 Å². The Balaban J connectivity index is 2.32. The summed E-state index contributed by atoms with van der Waals surface area (Å²) in [6, 6.07) is 15.0. The molecule has 0 bridgehead atoms. The van der Waals surface area contributed by atoms with E-state index in [0.717, 1.165) is 5.56 Å². The zero-order chi connectivity index (χ0) is 13.0. The lowest BCUT2D eigenvalue weighted by atomic mass is 10.1. The van der Waals surface area contributed by atoms with Crippen molar-refractivity contribution in [2.75, 3.05) is 0 Å². The predicted octanol–water partition coefficient (Wildman–Crippen LogP) is 2.84. The first-order valence-electron chi connectivity index (χ1n) is 5.66. The number of benzene rings is 2. The van der Waals surface area contributed by atoms with Gasteiger partial charge in [-0.2, -0.15) is 0 Å². The van der Waals surface area contributed by atoms with Gasteiger partial charge in [-0.05, 0) is 24.6 Å². The van der Waals surface area contributed by atoms with E-state index in [-0.39, 0.29) is 0 Å². The highest BCUT2D eigenvalue weighted by Crippen LogP contribution is 2.17. The van der Waals surface area contributed by atoms with E-state index in [0.29, 0.717) is 11.3 Å². The molecule has 18 heavy (non-hydrogen) atoms. The third-order valence-corrected chi connectivity index (χ3v) is 2.56. The van der Waals surface area contributed by atoms with E-state index in [2.05, 4.69) is 4.99 Å². The molecule has 0 spiro atoms. The third kappa shape index (κ3) is 2.83. The van der Waals surface area contributed by atoms with Crippen LogP contribution in [-0.2, 0) is 0 Å². The number of primary amides is 1. The van der Waals surface area contributed by atoms with Gasteiger partial charge >= 0.3 is 0 Å². The van der Waals surface area contributed by atoms with Crippen LogP contribution in [0.15, 0.2) is 53.5 Å². The number of nitrogens with two attached hydrogens (primary N) is 1. The van der Waals surface area contributed by atoms with Gasteiger partial charge in [-0.1, -0.05) is 42.0 Å². The molecule has 0 radical (unpaired) electrons. The summed E-state index contributed by atoms with van der Waals surface area (Å²) in [5, 5.41) is 0. The molecule has 0 saturated heterocycles. The number of para-hydroxylation sites is 1. The van der Waals surface area contributed by atoms with Gasteiger partial charge in [-0.15, -0.1) is 0 Å². The van der Waals surface area contributed by atoms with Crippen molar-refractivity contribution in [3.8, 4) is 0 Å². The van der Waals surface area contributed by atoms with Crippen molar-refractivity contribution in [2.45, 2.75) is 6.92 Å². The van der Waals surface area contributed by atoms with Crippen LogP contribution < -0.4 is 5.73 Å². The standard InChI is InChI=1S/C15H14N2O/c1-11-5-4-6-12(9-11)10-17-14-8-3-2-7-13(14)15(16)18/h2-10H,1H3,(H2,16,18)/b17-10+. The number of nitrogens with zero attached hydrogens (tertiary/aromatic N) is 1. The Hall–Kier alpha value is -2.42. The Morgan fingerprint density at radius 1 is 1.17 bits per heavy atom. The molecule has 2 aromatic carbocycles. The number of carbonyl (C=O) groups excluding carboxylic acids is 1. The van der Waals surface area contributed by atoms with E-state index in [1.165, 1.54) is 5.56 Å². The van der Waals surface area contributed by atoms with Crippen LogP contribution in [0.25, 0.3) is 0 Å². The Bertz CT molecular complexity index is 603. The van der Waals surface area contributed by atoms with Crippen LogP contribution in [0.2, 0.25) is 0 Å². The van der Waals surface area contributed by atoms with Crippen molar-refractivity contribution in [3.63, 3.8) is 0 Å². The molecule has 0 aliphatic heterocycles. The van der Waals surface area contributed by atoms with Crippen molar-refractivity contribution < 1.29 is 4.79 Å². The lowest BCUT2D eigenvalue weighted by Crippen LogP contribution is -2.10. The topological polar surface area (TPSA) is 55.4 Å². The van der Waals surface area contributed by atoms with Gasteiger partial charge in [0, 0.05) is 6.21 Å². The minimum Gasteiger partial charge on any atom is -0.366 e. The van der Waals surface area contributed by atoms with Gasteiger partial charge in [0.15, 0.2) is 0 Å². The van der Waals surface area contributed by atoms with E-state index in [1.54, 1.807) is 24.4 Å². The van der Waals surface area contributed by atoms with Crippen LogP contribution in [0.4, 0.5) is 5.69 Å². The van der Waals surface area contributed by atoms with Gasteiger partial charge in [0.05, 0.1) is 11.3 Å². The fourth-order valence-electron chi connectivity index (χ4n) is 1.69. The van der Waals surface area contributed by atoms with Crippen molar-refractivity contribution in [2.24, 2.45) is 10.7 Å². The lowest BCUT2D eigenvalue weighted by molar-refractivity contribution is 0.100. The smallest absolute Gasteiger partial charge is 0.250 e. The molecule has 0 aliphatic rings. The molecule has 1 amide bonds. The van der Waals surface area contributed by atoms with E-state index in [4.69, 9.17) is 5.73 Å². The maximum absolute atomic E-state index is 11.2. The summed E-state index contributed by atoms with van der Waals surface area (Å²) in [6.07, 6.45) is 1.73. The zero-order valence-electron chi connectivity index (χ0n) is 10.1. The quantitative estimate of drug-likeness (QED) is 0.821. The predicted molar refractivity (Wildman–Crippen MR) is 73.4 cm³/mol. The highest BCUT2D eigenvalue weighted by Gasteiger charge is 2.04. The number of aliphatic imine (C=N–C) groups is 1. The third-order valence-electron chi connectivity index (χ3n) is 2.56. The molecule has 0 saturated carbocycles. The largest absolute Gasteiger partial charge is 0.366 e. The van der Waals surface area contributed by atoms with Crippen LogP contribution in [0.1, 0.15) is 21.5 Å². The molecule has 0 aliphatic carbocycles. The highest BCUT2D eigenvalue weighted by molar-refractivity contribution is 5.98. The Kier molecular flexibility index (Phi) is 3.53. The number of rotatable bonds is 3. The van der Waals surface area contributed by atoms with Crippen molar-refractivity contribution >= 4 is 17.8 Å². The van der Waals surface area contributed by atoms with E-state index in [9.17, 15) is 4.79 Å². The van der Waals surface area contributed by atoms with Crippen LogP contribution in [-0.4, -0.2) is 12.1 Å². The number of hydrogen-bond acceptors (Lipinski definition) is 2. The normalized spacial score (nSPS) is 10.7. The molecular weight excluding hydrogens is 224 g/mol. The van der Waals surface area contributed by atoms with Crippen molar-refractivity contribution in [1.82, 2.24) is 0 Å². The molecule has 0 atom stereocenters. The summed E-state index contributed by atoms with van der Waals surface area (Å²) in [6.45, 7) is 2.02. The van der Waals surface area contributed by atoms with E-state index < -0.39 is 5.91 Å². The first-order chi connectivity index (χ1) is 8.66. The molecule has 3 nitrogen and oxygen atoms in total. The van der Waals surface area contributed by atoms with Crippen molar-refractivity contribution in [1.29, 1.82) is 0 Å². The fourth-order valence-corrected chi connectivity index (χ4v) is 1.69. The number of amides is 1. The summed E-state index contributed by atoms with van der Waals surface area (Å²) in [4.78, 5) is 15.5. The molecule has 0 unspecified atom stereocenters. The molecule has 0 aromatic heterocycles. The van der Waals surface area contributed by atoms with Crippen molar-refractivity contribution in [3.05, 3.63) is 65.2 Å².